The predicted octanol–water partition coefficient (Wildman–Crippen LogP) is 1.08. The molecule has 0 aromatic heterocycles. The number of hydrogen-bond acceptors (Lipinski definition) is 2. The van der Waals surface area contributed by atoms with Crippen molar-refractivity contribution in [1.29, 1.82) is 0 Å². The van der Waals surface area contributed by atoms with Gasteiger partial charge in [0.2, 0.25) is 0 Å². The number of nitrogens with two attached hydrogens (primary N) is 1. The predicted molar refractivity (Wildman–Crippen MR) is 38.0 cm³/mol. The first kappa shape index (κ1) is 7.69. The Balaban J connectivity index is 0.000000291. The Kier molecular flexibility index (Phi) is 4.14. The van der Waals surface area contributed by atoms with Gasteiger partial charge in [-0.2, -0.15) is 0 Å². The van der Waals surface area contributed by atoms with E-state index in [1.54, 1.807) is 0 Å². The Labute approximate surface area is 54.3 Å². The van der Waals surface area contributed by atoms with Gasteiger partial charge in [0.1, 0.15) is 6.79 Å². The van der Waals surface area contributed by atoms with Crippen molar-refractivity contribution in [3.05, 3.63) is 30.3 Å². The van der Waals surface area contributed by atoms with Crippen molar-refractivity contribution in [2.75, 3.05) is 5.73 Å². The maximum atomic E-state index is 8.00. The molecule has 0 unspecified atom stereocenters. The highest BCUT2D eigenvalue weighted by atomic mass is 16.1. The second kappa shape index (κ2) is 4.84. The zero-order chi connectivity index (χ0) is 7.11. The summed E-state index contributed by atoms with van der Waals surface area (Å²) in [6, 6.07) is 9.49. The summed E-state index contributed by atoms with van der Waals surface area (Å²) < 4.78 is 0. The molecule has 1 rings (SSSR count). The molecule has 0 fully saturated rings. The Morgan fingerprint density at radius 3 is 1.78 bits per heavy atom. The van der Waals surface area contributed by atoms with Crippen LogP contribution in [-0.4, -0.2) is 6.79 Å². The minimum Gasteiger partial charge on any atom is -0.399 e. The van der Waals surface area contributed by atoms with E-state index >= 15 is 0 Å². The molecule has 9 heavy (non-hydrogen) atoms. The molecule has 0 heterocycles. The zero-order valence-corrected chi connectivity index (χ0v) is 5.08. The Bertz CT molecular complexity index is 150. The smallest absolute Gasteiger partial charge is 0.106 e. The van der Waals surface area contributed by atoms with E-state index in [-0.39, 0.29) is 0 Å². The topological polar surface area (TPSA) is 43.1 Å². The fourth-order valence-electron chi connectivity index (χ4n) is 0.453. The Morgan fingerprint density at radius 1 is 1.11 bits per heavy atom. The van der Waals surface area contributed by atoms with Gasteiger partial charge in [0.05, 0.1) is 0 Å². The van der Waals surface area contributed by atoms with Gasteiger partial charge in [-0.1, -0.05) is 18.2 Å². The van der Waals surface area contributed by atoms with Crippen LogP contribution in [0, 0.1) is 0 Å². The number of para-hydroxylation sites is 1. The Hall–Kier alpha value is -1.31. The zero-order valence-electron chi connectivity index (χ0n) is 5.08. The van der Waals surface area contributed by atoms with Crippen LogP contribution in [0.25, 0.3) is 0 Å². The first-order chi connectivity index (χ1) is 4.39. The molecule has 0 saturated heterocycles. The molecule has 0 bridgehead atoms. The lowest BCUT2D eigenvalue weighted by atomic mass is 10.3. The maximum absolute atomic E-state index is 8.00. The van der Waals surface area contributed by atoms with E-state index < -0.39 is 0 Å². The average Bonchev–Trinajstić information content (AvgIpc) is 1.94. The molecule has 0 amide bonds. The van der Waals surface area contributed by atoms with E-state index in [0.29, 0.717) is 0 Å². The van der Waals surface area contributed by atoms with Crippen LogP contribution < -0.4 is 5.73 Å². The van der Waals surface area contributed by atoms with Crippen LogP contribution in [0.15, 0.2) is 30.3 Å². The first-order valence-electron chi connectivity index (χ1n) is 2.49. The highest BCUT2D eigenvalue weighted by Gasteiger charge is 1.72. The molecule has 1 aromatic rings. The number of carbonyl (C=O) groups excluding carboxylic acids is 1. The van der Waals surface area contributed by atoms with Crippen molar-refractivity contribution in [2.45, 2.75) is 0 Å². The van der Waals surface area contributed by atoms with Gasteiger partial charge in [-0.05, 0) is 12.1 Å². The average molecular weight is 123 g/mol. The summed E-state index contributed by atoms with van der Waals surface area (Å²) in [6.45, 7) is 2.00. The maximum Gasteiger partial charge on any atom is 0.106 e. The molecule has 0 radical (unpaired) electrons. The molecule has 2 heteroatoms. The van der Waals surface area contributed by atoms with Gasteiger partial charge in [-0.15, -0.1) is 0 Å². The van der Waals surface area contributed by atoms with E-state index in [4.69, 9.17) is 10.5 Å². The lowest BCUT2D eigenvalue weighted by Gasteiger charge is -1.83. The molecule has 0 saturated carbocycles. The molecule has 48 valence electrons. The first-order valence-corrected chi connectivity index (χ1v) is 2.49. The standard InChI is InChI=1S/C6H7N.CH2O/c7-6-4-2-1-3-5-6;1-2/h1-5H,7H2;1H2. The van der Waals surface area contributed by atoms with Crippen molar-refractivity contribution in [2.24, 2.45) is 0 Å². The van der Waals surface area contributed by atoms with Crippen molar-refractivity contribution in [1.82, 2.24) is 0 Å². The van der Waals surface area contributed by atoms with Crippen LogP contribution in [-0.2, 0) is 4.79 Å². The van der Waals surface area contributed by atoms with Crippen LogP contribution in [0.1, 0.15) is 0 Å². The molecule has 0 atom stereocenters. The summed E-state index contributed by atoms with van der Waals surface area (Å²) in [4.78, 5) is 8.00. The molecule has 2 nitrogen and oxygen atoms in total. The fraction of sp³-hybridized carbons (Fsp3) is 0. The monoisotopic (exact) mass is 123 g/mol. The molecular weight excluding hydrogens is 114 g/mol. The molecular formula is C7H9NO. The molecule has 0 spiro atoms. The van der Waals surface area contributed by atoms with Crippen LogP contribution in [0.4, 0.5) is 5.69 Å². The normalized spacial score (nSPS) is 7.11. The van der Waals surface area contributed by atoms with Gasteiger partial charge < -0.3 is 10.5 Å². The number of nitrogen functional groups attached to an aromatic ring is 1. The summed E-state index contributed by atoms with van der Waals surface area (Å²) in [5.74, 6) is 0. The van der Waals surface area contributed by atoms with E-state index in [1.807, 2.05) is 37.1 Å². The second-order valence-electron chi connectivity index (χ2n) is 1.41. The van der Waals surface area contributed by atoms with Crippen LogP contribution in [0.5, 0.6) is 0 Å². The number of rotatable bonds is 0. The summed E-state index contributed by atoms with van der Waals surface area (Å²) in [5.41, 5.74) is 6.18. The van der Waals surface area contributed by atoms with Gasteiger partial charge in [0, 0.05) is 5.69 Å². The van der Waals surface area contributed by atoms with Crippen molar-refractivity contribution < 1.29 is 4.79 Å². The second-order valence-corrected chi connectivity index (χ2v) is 1.41. The van der Waals surface area contributed by atoms with Gasteiger partial charge in [0.25, 0.3) is 0 Å². The number of benzene rings is 1. The molecule has 2 N–H and O–H groups in total. The van der Waals surface area contributed by atoms with Crippen LogP contribution >= 0.6 is 0 Å². The van der Waals surface area contributed by atoms with Gasteiger partial charge in [-0.25, -0.2) is 0 Å². The summed E-state index contributed by atoms with van der Waals surface area (Å²) >= 11 is 0. The molecule has 1 aromatic carbocycles. The summed E-state index contributed by atoms with van der Waals surface area (Å²) in [7, 11) is 0. The molecule has 0 aliphatic heterocycles. The largest absolute Gasteiger partial charge is 0.399 e. The van der Waals surface area contributed by atoms with Crippen LogP contribution in [0.2, 0.25) is 0 Å². The number of anilines is 1. The highest BCUT2D eigenvalue weighted by molar-refractivity contribution is 5.35. The van der Waals surface area contributed by atoms with Crippen LogP contribution in [0.3, 0.4) is 0 Å². The fourth-order valence-corrected chi connectivity index (χ4v) is 0.453. The van der Waals surface area contributed by atoms with E-state index in [2.05, 4.69) is 0 Å². The Morgan fingerprint density at radius 2 is 1.56 bits per heavy atom. The quantitative estimate of drug-likeness (QED) is 0.524. The van der Waals surface area contributed by atoms with Gasteiger partial charge >= 0.3 is 0 Å². The van der Waals surface area contributed by atoms with Crippen molar-refractivity contribution in [3.8, 4) is 0 Å². The highest BCUT2D eigenvalue weighted by Crippen LogP contribution is 1.95. The third kappa shape index (κ3) is 3.29. The molecule has 0 aliphatic carbocycles. The molecule has 0 aliphatic rings. The van der Waals surface area contributed by atoms with Crippen molar-refractivity contribution >= 4 is 12.5 Å². The lowest BCUT2D eigenvalue weighted by molar-refractivity contribution is -0.0979. The number of carbonyl (C=O) groups is 1. The van der Waals surface area contributed by atoms with E-state index in [0.717, 1.165) is 5.69 Å². The lowest BCUT2D eigenvalue weighted by Crippen LogP contribution is -1.79. The van der Waals surface area contributed by atoms with Gasteiger partial charge in [-0.3, -0.25) is 0 Å². The van der Waals surface area contributed by atoms with E-state index in [1.165, 1.54) is 0 Å². The van der Waals surface area contributed by atoms with Crippen molar-refractivity contribution in [3.63, 3.8) is 0 Å². The third-order valence-electron chi connectivity index (χ3n) is 0.800. The minimum absolute atomic E-state index is 0.822. The SMILES string of the molecule is C=O.Nc1ccccc1. The summed E-state index contributed by atoms with van der Waals surface area (Å²) in [5, 5.41) is 0. The summed E-state index contributed by atoms with van der Waals surface area (Å²) in [6.07, 6.45) is 0. The third-order valence-corrected chi connectivity index (χ3v) is 0.800. The number of hydrogen-bond donors (Lipinski definition) is 1. The van der Waals surface area contributed by atoms with E-state index in [9.17, 15) is 0 Å². The minimum atomic E-state index is 0.822. The van der Waals surface area contributed by atoms with Gasteiger partial charge in [0.15, 0.2) is 0 Å².